The lowest BCUT2D eigenvalue weighted by Gasteiger charge is -2.32. The fourth-order valence-corrected chi connectivity index (χ4v) is 1.75. The molecule has 0 radical (unpaired) electrons. The van der Waals surface area contributed by atoms with Crippen LogP contribution in [0.15, 0.2) is 12.7 Å². The number of alkyl halides is 1. The van der Waals surface area contributed by atoms with Gasteiger partial charge in [-0.15, -0.1) is 18.2 Å². The van der Waals surface area contributed by atoms with Crippen molar-refractivity contribution in [3.05, 3.63) is 12.7 Å². The van der Waals surface area contributed by atoms with Crippen molar-refractivity contribution >= 4 is 11.6 Å². The number of rotatable bonds is 3. The van der Waals surface area contributed by atoms with Gasteiger partial charge in [-0.05, 0) is 20.9 Å². The molecule has 0 aromatic carbocycles. The van der Waals surface area contributed by atoms with E-state index < -0.39 is 11.5 Å². The molecule has 1 heterocycles. The SMILES string of the molecule is C=C[C@H](Cl)[C@@H](O)C1COC(C)(C)N1C. The first-order valence-corrected chi connectivity index (χ1v) is 5.15. The first-order valence-electron chi connectivity index (χ1n) is 4.71. The van der Waals surface area contributed by atoms with Crippen LogP contribution in [0, 0.1) is 0 Å². The molecule has 0 spiro atoms. The average Bonchev–Trinajstić information content (AvgIpc) is 2.40. The van der Waals surface area contributed by atoms with E-state index in [2.05, 4.69) is 6.58 Å². The lowest BCUT2D eigenvalue weighted by molar-refractivity contribution is -0.0457. The number of aliphatic hydroxyl groups excluding tert-OH is 1. The van der Waals surface area contributed by atoms with Crippen molar-refractivity contribution in [2.24, 2.45) is 0 Å². The summed E-state index contributed by atoms with van der Waals surface area (Å²) in [6.45, 7) is 8.00. The Bertz CT molecular complexity index is 220. The first kappa shape index (κ1) is 12.0. The summed E-state index contributed by atoms with van der Waals surface area (Å²) in [5, 5.41) is 9.46. The van der Waals surface area contributed by atoms with Gasteiger partial charge in [0.05, 0.1) is 24.1 Å². The Balaban J connectivity index is 2.67. The molecule has 3 atom stereocenters. The van der Waals surface area contributed by atoms with Crippen LogP contribution in [0.5, 0.6) is 0 Å². The molecule has 82 valence electrons. The highest BCUT2D eigenvalue weighted by atomic mass is 35.5. The summed E-state index contributed by atoms with van der Waals surface area (Å²) in [6.07, 6.45) is 0.909. The summed E-state index contributed by atoms with van der Waals surface area (Å²) in [7, 11) is 1.92. The normalized spacial score (nSPS) is 31.4. The minimum absolute atomic E-state index is 0.0644. The highest BCUT2D eigenvalue weighted by molar-refractivity contribution is 6.22. The third kappa shape index (κ3) is 2.11. The van der Waals surface area contributed by atoms with Crippen LogP contribution in [0.2, 0.25) is 0 Å². The van der Waals surface area contributed by atoms with Crippen molar-refractivity contribution in [2.45, 2.75) is 37.1 Å². The molecule has 1 N–H and O–H groups in total. The zero-order chi connectivity index (χ0) is 10.9. The van der Waals surface area contributed by atoms with Gasteiger partial charge in [-0.1, -0.05) is 6.08 Å². The zero-order valence-corrected chi connectivity index (χ0v) is 9.66. The quantitative estimate of drug-likeness (QED) is 0.572. The predicted molar refractivity (Wildman–Crippen MR) is 57.4 cm³/mol. The standard InChI is InChI=1S/C10H18ClNO2/c1-5-7(11)9(13)8-6-14-10(2,3)12(8)4/h5,7-9,13H,1,6H2,2-4H3/t7-,8?,9+/m0/s1. The fraction of sp³-hybridized carbons (Fsp3) is 0.800. The molecule has 0 saturated carbocycles. The molecule has 1 fully saturated rings. The van der Waals surface area contributed by atoms with Gasteiger partial charge in [0, 0.05) is 0 Å². The van der Waals surface area contributed by atoms with E-state index in [4.69, 9.17) is 16.3 Å². The van der Waals surface area contributed by atoms with Crippen molar-refractivity contribution in [3.63, 3.8) is 0 Å². The Morgan fingerprint density at radius 1 is 1.71 bits per heavy atom. The highest BCUT2D eigenvalue weighted by Crippen LogP contribution is 2.28. The van der Waals surface area contributed by atoms with Crippen LogP contribution in [0.1, 0.15) is 13.8 Å². The Morgan fingerprint density at radius 3 is 2.64 bits per heavy atom. The van der Waals surface area contributed by atoms with Crippen LogP contribution in [0.25, 0.3) is 0 Å². The summed E-state index contributed by atoms with van der Waals surface area (Å²) in [5.41, 5.74) is -0.330. The number of likely N-dealkylation sites (N-methyl/N-ethyl adjacent to an activating group) is 1. The van der Waals surface area contributed by atoms with Crippen molar-refractivity contribution in [1.29, 1.82) is 0 Å². The summed E-state index contributed by atoms with van der Waals surface area (Å²) in [5.74, 6) is 0. The fourth-order valence-electron chi connectivity index (χ4n) is 1.58. The van der Waals surface area contributed by atoms with E-state index in [0.29, 0.717) is 6.61 Å². The van der Waals surface area contributed by atoms with Crippen molar-refractivity contribution in [1.82, 2.24) is 4.90 Å². The van der Waals surface area contributed by atoms with Gasteiger partial charge in [0.15, 0.2) is 0 Å². The minimum Gasteiger partial charge on any atom is -0.390 e. The van der Waals surface area contributed by atoms with Crippen LogP contribution < -0.4 is 0 Å². The van der Waals surface area contributed by atoms with E-state index in [1.165, 1.54) is 0 Å². The Kier molecular flexibility index (Phi) is 3.58. The van der Waals surface area contributed by atoms with E-state index in [1.807, 2.05) is 25.8 Å². The molecule has 1 saturated heterocycles. The smallest absolute Gasteiger partial charge is 0.116 e. The van der Waals surface area contributed by atoms with Crippen LogP contribution in [-0.2, 0) is 4.74 Å². The minimum atomic E-state index is -0.638. The summed E-state index contributed by atoms with van der Waals surface area (Å²) < 4.78 is 5.55. The van der Waals surface area contributed by atoms with Crippen molar-refractivity contribution < 1.29 is 9.84 Å². The van der Waals surface area contributed by atoms with E-state index in [1.54, 1.807) is 6.08 Å². The predicted octanol–water partition coefficient (Wildman–Crippen LogP) is 1.21. The lowest BCUT2D eigenvalue weighted by Crippen LogP contribution is -2.48. The summed E-state index contributed by atoms with van der Waals surface area (Å²) in [4.78, 5) is 2.00. The topological polar surface area (TPSA) is 32.7 Å². The number of halogens is 1. The van der Waals surface area contributed by atoms with Crippen molar-refractivity contribution in [2.75, 3.05) is 13.7 Å². The molecule has 14 heavy (non-hydrogen) atoms. The van der Waals surface area contributed by atoms with Crippen LogP contribution in [-0.4, -0.2) is 46.9 Å². The molecule has 0 aromatic heterocycles. The molecule has 1 aliphatic rings. The third-order valence-corrected chi connectivity index (χ3v) is 3.34. The maximum absolute atomic E-state index is 9.90. The first-order chi connectivity index (χ1) is 6.40. The largest absolute Gasteiger partial charge is 0.390 e. The lowest BCUT2D eigenvalue weighted by atomic mass is 10.1. The van der Waals surface area contributed by atoms with Crippen LogP contribution in [0.3, 0.4) is 0 Å². The molecule has 1 aliphatic heterocycles. The Hall–Kier alpha value is -0.0900. The van der Waals surface area contributed by atoms with Crippen molar-refractivity contribution in [3.8, 4) is 0 Å². The second kappa shape index (κ2) is 4.19. The van der Waals surface area contributed by atoms with Gasteiger partial charge < -0.3 is 9.84 Å². The molecule has 0 aliphatic carbocycles. The average molecular weight is 220 g/mol. The third-order valence-electron chi connectivity index (χ3n) is 2.90. The molecule has 0 bridgehead atoms. The van der Waals surface area contributed by atoms with Gasteiger partial charge in [-0.25, -0.2) is 0 Å². The number of ether oxygens (including phenoxy) is 1. The number of nitrogens with zero attached hydrogens (tertiary/aromatic N) is 1. The number of aliphatic hydroxyl groups is 1. The maximum atomic E-state index is 9.90. The number of hydrogen-bond donors (Lipinski definition) is 1. The van der Waals surface area contributed by atoms with Gasteiger partial charge in [-0.2, -0.15) is 0 Å². The Morgan fingerprint density at radius 2 is 2.29 bits per heavy atom. The van der Waals surface area contributed by atoms with Crippen LogP contribution >= 0.6 is 11.6 Å². The van der Waals surface area contributed by atoms with Crippen LogP contribution in [0.4, 0.5) is 0 Å². The second-order valence-electron chi connectivity index (χ2n) is 4.11. The van der Waals surface area contributed by atoms with E-state index >= 15 is 0 Å². The number of hydrogen-bond acceptors (Lipinski definition) is 3. The molecule has 1 rings (SSSR count). The molecule has 0 amide bonds. The van der Waals surface area contributed by atoms with Gasteiger partial charge in [0.25, 0.3) is 0 Å². The molecule has 3 nitrogen and oxygen atoms in total. The monoisotopic (exact) mass is 219 g/mol. The zero-order valence-electron chi connectivity index (χ0n) is 8.90. The highest BCUT2D eigenvalue weighted by Gasteiger charge is 2.42. The molecular formula is C10H18ClNO2. The van der Waals surface area contributed by atoms with Gasteiger partial charge >= 0.3 is 0 Å². The second-order valence-corrected chi connectivity index (χ2v) is 4.61. The molecular weight excluding hydrogens is 202 g/mol. The molecule has 4 heteroatoms. The summed E-state index contributed by atoms with van der Waals surface area (Å²) in [6, 6.07) is -0.0644. The van der Waals surface area contributed by atoms with E-state index in [9.17, 15) is 5.11 Å². The Labute approximate surface area is 90.3 Å². The summed E-state index contributed by atoms with van der Waals surface area (Å²) >= 11 is 5.90. The maximum Gasteiger partial charge on any atom is 0.116 e. The van der Waals surface area contributed by atoms with E-state index in [0.717, 1.165) is 0 Å². The van der Waals surface area contributed by atoms with E-state index in [-0.39, 0.29) is 11.8 Å². The van der Waals surface area contributed by atoms with Gasteiger partial charge in [0.2, 0.25) is 0 Å². The van der Waals surface area contributed by atoms with Gasteiger partial charge in [0.1, 0.15) is 5.72 Å². The molecule has 1 unspecified atom stereocenters. The van der Waals surface area contributed by atoms with Gasteiger partial charge in [-0.3, -0.25) is 4.90 Å². The molecule has 0 aromatic rings.